The van der Waals surface area contributed by atoms with E-state index in [1.165, 1.54) is 27.6 Å². The maximum absolute atomic E-state index is 6.54. The van der Waals surface area contributed by atoms with Gasteiger partial charge in [0.05, 0.1) is 0 Å². The largest absolute Gasteiger partial charge is 0.449 e. The maximum atomic E-state index is 6.54. The topological polar surface area (TPSA) is 57.1 Å². The summed E-state index contributed by atoms with van der Waals surface area (Å²) in [5.74, 6) is 4.49. The van der Waals surface area contributed by atoms with Gasteiger partial charge in [0.1, 0.15) is 0 Å². The summed E-state index contributed by atoms with van der Waals surface area (Å²) in [5, 5.41) is 2.30. The van der Waals surface area contributed by atoms with Crippen molar-refractivity contribution in [2.75, 3.05) is 0 Å². The van der Waals surface area contributed by atoms with Crippen LogP contribution in [0.4, 0.5) is 0 Å². The summed E-state index contributed by atoms with van der Waals surface area (Å²) < 4.78 is 13.0. The van der Waals surface area contributed by atoms with E-state index < -0.39 is 0 Å². The number of rotatable bonds is 3. The smallest absolute Gasteiger partial charge is 0.170 e. The van der Waals surface area contributed by atoms with E-state index in [1.807, 2.05) is 60.7 Å². The van der Waals surface area contributed by atoms with Crippen molar-refractivity contribution >= 4 is 10.8 Å². The molecule has 7 aromatic rings. The van der Waals surface area contributed by atoms with Gasteiger partial charge in [-0.2, -0.15) is 0 Å². The van der Waals surface area contributed by atoms with Crippen molar-refractivity contribution in [1.29, 1.82) is 0 Å². The third-order valence-corrected chi connectivity index (χ3v) is 8.96. The van der Waals surface area contributed by atoms with Crippen molar-refractivity contribution in [2.24, 2.45) is 0 Å². The molecule has 0 unspecified atom stereocenters. The van der Waals surface area contributed by atoms with Crippen LogP contribution in [0, 0.1) is 0 Å². The minimum Gasteiger partial charge on any atom is -0.449 e. The predicted octanol–water partition coefficient (Wildman–Crippen LogP) is 10.2. The highest BCUT2D eigenvalue weighted by Gasteiger charge is 2.37. The number of ether oxygens (including phenoxy) is 2. The Hall–Kier alpha value is -5.81. The van der Waals surface area contributed by atoms with E-state index in [9.17, 15) is 0 Å². The molecule has 0 saturated heterocycles. The molecule has 214 valence electrons. The van der Waals surface area contributed by atoms with Gasteiger partial charge in [-0.3, -0.25) is 0 Å². The molecule has 6 aromatic carbocycles. The van der Waals surface area contributed by atoms with Gasteiger partial charge in [-0.15, -0.1) is 0 Å². The summed E-state index contributed by atoms with van der Waals surface area (Å²) in [5.41, 5.74) is 7.52. The Morgan fingerprint density at radius 3 is 1.84 bits per heavy atom. The normalized spacial score (nSPS) is 13.6. The summed E-state index contributed by atoms with van der Waals surface area (Å²) in [7, 11) is 0. The van der Waals surface area contributed by atoms with Crippen molar-refractivity contribution in [3.05, 3.63) is 139 Å². The first-order valence-electron chi connectivity index (χ1n) is 15.1. The van der Waals surface area contributed by atoms with Crippen LogP contribution in [0.2, 0.25) is 0 Å². The van der Waals surface area contributed by atoms with Gasteiger partial charge in [0, 0.05) is 22.1 Å². The Bertz CT molecular complexity index is 2310. The van der Waals surface area contributed by atoms with Gasteiger partial charge in [-0.25, -0.2) is 15.0 Å². The van der Waals surface area contributed by atoms with Crippen LogP contribution in [-0.2, 0) is 5.41 Å². The predicted molar refractivity (Wildman–Crippen MR) is 178 cm³/mol. The molecule has 45 heavy (non-hydrogen) atoms. The van der Waals surface area contributed by atoms with Crippen molar-refractivity contribution in [2.45, 2.75) is 19.3 Å². The van der Waals surface area contributed by atoms with E-state index in [0.29, 0.717) is 40.5 Å². The summed E-state index contributed by atoms with van der Waals surface area (Å²) in [6, 6.07) is 43.3. The van der Waals surface area contributed by atoms with Gasteiger partial charge in [0.2, 0.25) is 0 Å². The van der Waals surface area contributed by atoms with Gasteiger partial charge < -0.3 is 9.47 Å². The molecule has 0 N–H and O–H groups in total. The standard InChI is InChI=1S/C40H27N3O2/c1-40(2)31-15-9-8-14-29(31)30-22-35-36(23-32(30)40)45-34-21-28(18-19-33(34)44-35)39-42-37(25-11-4-3-5-12-25)41-38(43-39)27-17-16-24-10-6-7-13-26(24)20-27/h3-23H,1-2H3. The zero-order valence-electron chi connectivity index (χ0n) is 24.8. The van der Waals surface area contributed by atoms with Crippen LogP contribution in [0.3, 0.4) is 0 Å². The monoisotopic (exact) mass is 581 g/mol. The molecule has 9 rings (SSSR count). The SMILES string of the molecule is CC1(C)c2ccccc2-c2cc3c(cc21)Oc1cc(-c2nc(-c4ccccc4)nc(-c4ccc5ccccc5c4)n2)ccc1O3. The summed E-state index contributed by atoms with van der Waals surface area (Å²) >= 11 is 0. The third-order valence-electron chi connectivity index (χ3n) is 8.96. The lowest BCUT2D eigenvalue weighted by Crippen LogP contribution is -2.15. The molecule has 1 aliphatic heterocycles. The third kappa shape index (κ3) is 4.12. The molecule has 0 spiro atoms. The average molecular weight is 582 g/mol. The lowest BCUT2D eigenvalue weighted by atomic mass is 9.82. The summed E-state index contributed by atoms with van der Waals surface area (Å²) in [6.07, 6.45) is 0. The molecule has 0 bridgehead atoms. The molecular formula is C40H27N3O2. The number of hydrogen-bond donors (Lipinski definition) is 0. The van der Waals surface area contributed by atoms with Crippen LogP contribution < -0.4 is 9.47 Å². The molecule has 1 aromatic heterocycles. The van der Waals surface area contributed by atoms with Crippen LogP contribution in [-0.4, -0.2) is 15.0 Å². The van der Waals surface area contributed by atoms with Gasteiger partial charge >= 0.3 is 0 Å². The van der Waals surface area contributed by atoms with E-state index in [1.54, 1.807) is 0 Å². The zero-order chi connectivity index (χ0) is 30.1. The zero-order valence-corrected chi connectivity index (χ0v) is 24.8. The molecule has 5 nitrogen and oxygen atoms in total. The van der Waals surface area contributed by atoms with Crippen LogP contribution in [0.1, 0.15) is 25.0 Å². The van der Waals surface area contributed by atoms with Crippen molar-refractivity contribution in [3.63, 3.8) is 0 Å². The maximum Gasteiger partial charge on any atom is 0.170 e. The van der Waals surface area contributed by atoms with E-state index in [4.69, 9.17) is 24.4 Å². The molecule has 0 radical (unpaired) electrons. The molecule has 2 aliphatic rings. The van der Waals surface area contributed by atoms with E-state index in [2.05, 4.69) is 80.6 Å². The van der Waals surface area contributed by atoms with Gasteiger partial charge in [0.15, 0.2) is 40.5 Å². The highest BCUT2D eigenvalue weighted by Crippen LogP contribution is 2.55. The van der Waals surface area contributed by atoms with Crippen LogP contribution in [0.15, 0.2) is 127 Å². The second-order valence-corrected chi connectivity index (χ2v) is 12.1. The first kappa shape index (κ1) is 25.7. The summed E-state index contributed by atoms with van der Waals surface area (Å²) in [6.45, 7) is 4.52. The first-order chi connectivity index (χ1) is 22.0. The number of benzene rings is 6. The minimum atomic E-state index is -0.135. The van der Waals surface area contributed by atoms with Crippen LogP contribution >= 0.6 is 0 Å². The Balaban J connectivity index is 1.13. The molecule has 5 heteroatoms. The lowest BCUT2D eigenvalue weighted by Gasteiger charge is -2.25. The fourth-order valence-corrected chi connectivity index (χ4v) is 6.59. The Kier molecular flexibility index (Phi) is 5.47. The molecule has 0 amide bonds. The molecule has 1 aliphatic carbocycles. The van der Waals surface area contributed by atoms with Crippen molar-refractivity contribution in [1.82, 2.24) is 15.0 Å². The molecule has 2 heterocycles. The second kappa shape index (κ2) is 9.60. The quantitative estimate of drug-likeness (QED) is 0.208. The fourth-order valence-electron chi connectivity index (χ4n) is 6.59. The Morgan fingerprint density at radius 2 is 1.02 bits per heavy atom. The second-order valence-electron chi connectivity index (χ2n) is 12.1. The highest BCUT2D eigenvalue weighted by atomic mass is 16.6. The molecular weight excluding hydrogens is 554 g/mol. The first-order valence-corrected chi connectivity index (χ1v) is 15.1. The van der Waals surface area contributed by atoms with E-state index >= 15 is 0 Å². The highest BCUT2D eigenvalue weighted by molar-refractivity contribution is 5.87. The Labute approximate surface area is 260 Å². The van der Waals surface area contributed by atoms with Gasteiger partial charge in [0.25, 0.3) is 0 Å². The number of aromatic nitrogens is 3. The molecule has 0 saturated carbocycles. The Morgan fingerprint density at radius 1 is 0.422 bits per heavy atom. The summed E-state index contributed by atoms with van der Waals surface area (Å²) in [4.78, 5) is 14.8. The number of hydrogen-bond acceptors (Lipinski definition) is 5. The van der Waals surface area contributed by atoms with E-state index in [-0.39, 0.29) is 5.41 Å². The van der Waals surface area contributed by atoms with Crippen LogP contribution in [0.5, 0.6) is 23.0 Å². The van der Waals surface area contributed by atoms with Gasteiger partial charge in [-0.05, 0) is 69.4 Å². The van der Waals surface area contributed by atoms with Gasteiger partial charge in [-0.1, -0.05) is 105 Å². The van der Waals surface area contributed by atoms with Crippen molar-refractivity contribution in [3.8, 4) is 68.3 Å². The number of fused-ring (bicyclic) bond motifs is 6. The van der Waals surface area contributed by atoms with E-state index in [0.717, 1.165) is 22.1 Å². The lowest BCUT2D eigenvalue weighted by molar-refractivity contribution is 0.359. The van der Waals surface area contributed by atoms with Crippen LogP contribution in [0.25, 0.3) is 56.1 Å². The van der Waals surface area contributed by atoms with Crippen molar-refractivity contribution < 1.29 is 9.47 Å². The number of nitrogens with zero attached hydrogens (tertiary/aromatic N) is 3. The fraction of sp³-hybridized carbons (Fsp3) is 0.0750. The average Bonchev–Trinajstić information content (AvgIpc) is 3.31. The molecule has 0 fully saturated rings. The minimum absolute atomic E-state index is 0.135. The molecule has 0 atom stereocenters.